The first-order valence-corrected chi connectivity index (χ1v) is 13.8. The summed E-state index contributed by atoms with van der Waals surface area (Å²) in [5.74, 6) is 0.724. The number of aliphatic hydroxyl groups excluding tert-OH is 1. The average molecular weight is 632 g/mol. The predicted molar refractivity (Wildman–Crippen MR) is 157 cm³/mol. The number of ether oxygens (including phenoxy) is 1. The summed E-state index contributed by atoms with van der Waals surface area (Å²) < 4.78 is 83.8. The van der Waals surface area contributed by atoms with Crippen LogP contribution in [0.1, 0.15) is 35.3 Å². The number of rotatable bonds is 11. The van der Waals surface area contributed by atoms with Crippen molar-refractivity contribution in [2.75, 3.05) is 50.8 Å². The minimum absolute atomic E-state index is 0. The van der Waals surface area contributed by atoms with Gasteiger partial charge in [0.05, 0.1) is 17.2 Å². The first-order valence-electron chi connectivity index (χ1n) is 13.8. The molecule has 1 heterocycles. The Labute approximate surface area is 253 Å². The second kappa shape index (κ2) is 15.1. The molecule has 5 nitrogen and oxygen atoms in total. The van der Waals surface area contributed by atoms with E-state index in [0.29, 0.717) is 38.3 Å². The van der Waals surface area contributed by atoms with Crippen molar-refractivity contribution in [3.63, 3.8) is 0 Å². The van der Waals surface area contributed by atoms with E-state index in [1.807, 2.05) is 36.1 Å². The van der Waals surface area contributed by atoms with Gasteiger partial charge in [-0.25, -0.2) is 0 Å². The Bertz CT molecular complexity index is 1280. The van der Waals surface area contributed by atoms with Crippen molar-refractivity contribution in [1.29, 1.82) is 0 Å². The minimum Gasteiger partial charge on any atom is -0.492 e. The molecule has 1 aliphatic rings. The normalized spacial score (nSPS) is 16.0. The quantitative estimate of drug-likeness (QED) is 0.234. The van der Waals surface area contributed by atoms with Gasteiger partial charge >= 0.3 is 12.4 Å². The van der Waals surface area contributed by atoms with E-state index >= 15 is 0 Å². The van der Waals surface area contributed by atoms with E-state index in [1.54, 1.807) is 6.07 Å². The molecule has 236 valence electrons. The fourth-order valence-electron chi connectivity index (χ4n) is 4.90. The maximum Gasteiger partial charge on any atom is 0.416 e. The highest BCUT2D eigenvalue weighted by atomic mass is 35.5. The van der Waals surface area contributed by atoms with Crippen LogP contribution in [0.25, 0.3) is 0 Å². The van der Waals surface area contributed by atoms with Gasteiger partial charge < -0.3 is 20.1 Å². The second-order valence-corrected chi connectivity index (χ2v) is 10.5. The largest absolute Gasteiger partial charge is 0.492 e. The van der Waals surface area contributed by atoms with E-state index < -0.39 is 29.6 Å². The standard InChI is InChI=1S/C31H35F6N3O2.ClH/c1-22(38-21-29(41)24-4-2-5-25(19-24)30(32,33)34)18-23-8-10-28(11-9-23)42-17-16-39-12-14-40(15-13-39)27-7-3-6-26(20-27)31(35,36)37;/h2-11,19-20,22,29,38,41H,12-18,21H2,1H3;1H. The van der Waals surface area contributed by atoms with Crippen LogP contribution in [0, 0.1) is 0 Å². The van der Waals surface area contributed by atoms with Crippen LogP contribution < -0.4 is 15.0 Å². The lowest BCUT2D eigenvalue weighted by molar-refractivity contribution is -0.138. The highest BCUT2D eigenvalue weighted by Gasteiger charge is 2.32. The fraction of sp³-hybridized carbons (Fsp3) is 0.419. The van der Waals surface area contributed by atoms with Crippen LogP contribution in [0.15, 0.2) is 72.8 Å². The van der Waals surface area contributed by atoms with Gasteiger partial charge in [-0.15, -0.1) is 12.4 Å². The van der Waals surface area contributed by atoms with Crippen molar-refractivity contribution in [3.8, 4) is 5.75 Å². The lowest BCUT2D eigenvalue weighted by Crippen LogP contribution is -2.47. The first kappa shape index (κ1) is 34.5. The molecule has 0 spiro atoms. The van der Waals surface area contributed by atoms with Crippen molar-refractivity contribution in [2.45, 2.75) is 37.8 Å². The fourth-order valence-corrected chi connectivity index (χ4v) is 4.90. The van der Waals surface area contributed by atoms with E-state index in [4.69, 9.17) is 4.74 Å². The van der Waals surface area contributed by atoms with Gasteiger partial charge in [0.15, 0.2) is 0 Å². The molecule has 43 heavy (non-hydrogen) atoms. The maximum absolute atomic E-state index is 13.0. The third kappa shape index (κ3) is 10.3. The molecule has 3 aromatic carbocycles. The van der Waals surface area contributed by atoms with Crippen molar-refractivity contribution in [3.05, 3.63) is 95.1 Å². The van der Waals surface area contributed by atoms with Gasteiger partial charge in [0, 0.05) is 51.0 Å². The molecule has 0 bridgehead atoms. The van der Waals surface area contributed by atoms with Crippen LogP contribution in [0.4, 0.5) is 32.0 Å². The lowest BCUT2D eigenvalue weighted by Gasteiger charge is -2.36. The van der Waals surface area contributed by atoms with Gasteiger partial charge in [-0.1, -0.05) is 30.3 Å². The number of nitrogens with one attached hydrogen (secondary N) is 1. The molecule has 4 rings (SSSR count). The molecule has 12 heteroatoms. The number of hydrogen-bond acceptors (Lipinski definition) is 5. The van der Waals surface area contributed by atoms with Gasteiger partial charge in [-0.05, 0) is 66.9 Å². The van der Waals surface area contributed by atoms with Gasteiger partial charge in [-0.2, -0.15) is 26.3 Å². The van der Waals surface area contributed by atoms with Crippen LogP contribution in [-0.2, 0) is 18.8 Å². The Hall–Kier alpha value is -2.99. The number of nitrogens with zero attached hydrogens (tertiary/aromatic N) is 2. The zero-order chi connectivity index (χ0) is 30.3. The lowest BCUT2D eigenvalue weighted by atomic mass is 10.0. The van der Waals surface area contributed by atoms with E-state index in [9.17, 15) is 31.4 Å². The van der Waals surface area contributed by atoms with E-state index in [0.717, 1.165) is 42.6 Å². The number of anilines is 1. The third-order valence-electron chi connectivity index (χ3n) is 7.31. The number of halogens is 7. The Morgan fingerprint density at radius 2 is 1.44 bits per heavy atom. The third-order valence-corrected chi connectivity index (χ3v) is 7.31. The van der Waals surface area contributed by atoms with Gasteiger partial charge in [0.2, 0.25) is 0 Å². The van der Waals surface area contributed by atoms with E-state index in [2.05, 4.69) is 10.2 Å². The number of piperazine rings is 1. The smallest absolute Gasteiger partial charge is 0.416 e. The predicted octanol–water partition coefficient (Wildman–Crippen LogP) is 6.60. The molecular formula is C31H36ClF6N3O2. The molecule has 0 aromatic heterocycles. The molecule has 0 saturated carbocycles. The van der Waals surface area contributed by atoms with Crippen molar-refractivity contribution in [2.24, 2.45) is 0 Å². The summed E-state index contributed by atoms with van der Waals surface area (Å²) in [6.07, 6.45) is -9.22. The molecule has 2 N–H and O–H groups in total. The summed E-state index contributed by atoms with van der Waals surface area (Å²) in [6, 6.07) is 17.8. The zero-order valence-electron chi connectivity index (χ0n) is 23.7. The number of alkyl halides is 6. The molecule has 1 fully saturated rings. The Balaban J connectivity index is 0.00000506. The summed E-state index contributed by atoms with van der Waals surface area (Å²) in [6.45, 7) is 5.98. The molecule has 1 aliphatic heterocycles. The molecule has 0 aliphatic carbocycles. The van der Waals surface area contributed by atoms with Gasteiger partial charge in [0.1, 0.15) is 12.4 Å². The zero-order valence-corrected chi connectivity index (χ0v) is 24.5. The number of aliphatic hydroxyl groups is 1. The van der Waals surface area contributed by atoms with Crippen molar-refractivity contribution in [1.82, 2.24) is 10.2 Å². The molecule has 1 saturated heterocycles. The highest BCUT2D eigenvalue weighted by molar-refractivity contribution is 5.85. The van der Waals surface area contributed by atoms with Crippen LogP contribution in [0.5, 0.6) is 5.75 Å². The number of benzene rings is 3. The molecule has 2 unspecified atom stereocenters. The molecule has 0 radical (unpaired) electrons. The van der Waals surface area contributed by atoms with Crippen LogP contribution in [0.2, 0.25) is 0 Å². The van der Waals surface area contributed by atoms with E-state index in [1.165, 1.54) is 24.3 Å². The van der Waals surface area contributed by atoms with Crippen LogP contribution >= 0.6 is 12.4 Å². The Morgan fingerprint density at radius 1 is 0.837 bits per heavy atom. The second-order valence-electron chi connectivity index (χ2n) is 10.5. The number of hydrogen-bond donors (Lipinski definition) is 2. The summed E-state index contributed by atoms with van der Waals surface area (Å²) >= 11 is 0. The molecular weight excluding hydrogens is 596 g/mol. The maximum atomic E-state index is 13.0. The summed E-state index contributed by atoms with van der Waals surface area (Å²) in [5.41, 5.74) is 0.411. The molecule has 3 aromatic rings. The molecule has 0 amide bonds. The summed E-state index contributed by atoms with van der Waals surface area (Å²) in [5, 5.41) is 13.5. The van der Waals surface area contributed by atoms with Crippen molar-refractivity contribution < 1.29 is 36.2 Å². The molecule has 2 atom stereocenters. The van der Waals surface area contributed by atoms with Gasteiger partial charge in [-0.3, -0.25) is 4.90 Å². The van der Waals surface area contributed by atoms with E-state index in [-0.39, 0.29) is 30.6 Å². The monoisotopic (exact) mass is 631 g/mol. The SMILES string of the molecule is CC(Cc1ccc(OCCN2CCN(c3cccc(C(F)(F)F)c3)CC2)cc1)NCC(O)c1cccc(C(F)(F)F)c1.Cl. The Morgan fingerprint density at radius 3 is 2.07 bits per heavy atom. The summed E-state index contributed by atoms with van der Waals surface area (Å²) in [7, 11) is 0. The highest BCUT2D eigenvalue weighted by Crippen LogP contribution is 2.32. The summed E-state index contributed by atoms with van der Waals surface area (Å²) in [4.78, 5) is 4.19. The topological polar surface area (TPSA) is 48.0 Å². The van der Waals surface area contributed by atoms with Gasteiger partial charge in [0.25, 0.3) is 0 Å². The van der Waals surface area contributed by atoms with Crippen LogP contribution in [-0.4, -0.2) is 61.9 Å². The van der Waals surface area contributed by atoms with Crippen LogP contribution in [0.3, 0.4) is 0 Å². The minimum atomic E-state index is -4.46. The first-order chi connectivity index (χ1) is 19.9. The average Bonchev–Trinajstić information content (AvgIpc) is 2.96. The Kier molecular flexibility index (Phi) is 12.1. The van der Waals surface area contributed by atoms with Crippen molar-refractivity contribution >= 4 is 18.1 Å².